The van der Waals surface area contributed by atoms with Gasteiger partial charge in [-0.25, -0.2) is 4.39 Å². The number of amides is 2. The largest absolute Gasteiger partial charge is 0.497 e. The molecule has 35 heavy (non-hydrogen) atoms. The quantitative estimate of drug-likeness (QED) is 0.494. The summed E-state index contributed by atoms with van der Waals surface area (Å²) < 4.78 is 19.1. The molecule has 3 aromatic rings. The standard InChI is InChI=1S/C28H30FN3O3/c1-35-24-11-7-8-20(18-24)19-32(28(34)25-12-5-6-17-30-25)26(21-13-15-22(29)16-14-21)27(33)31-23-9-3-2-4-10-23/h5-8,11-18,23,26H,2-4,9-10,19H2,1H3,(H,31,33)/t26-/m0/s1. The van der Waals surface area contributed by atoms with Crippen LogP contribution in [0.5, 0.6) is 5.75 Å². The first-order valence-electron chi connectivity index (χ1n) is 12.0. The molecule has 7 heteroatoms. The molecule has 0 radical (unpaired) electrons. The highest BCUT2D eigenvalue weighted by atomic mass is 19.1. The maximum atomic E-state index is 13.8. The third-order valence-corrected chi connectivity index (χ3v) is 6.33. The normalized spacial score (nSPS) is 14.7. The molecule has 1 aromatic heterocycles. The Morgan fingerprint density at radius 3 is 2.51 bits per heavy atom. The summed E-state index contributed by atoms with van der Waals surface area (Å²) in [6.45, 7) is 0.146. The number of nitrogens with one attached hydrogen (secondary N) is 1. The lowest BCUT2D eigenvalue weighted by atomic mass is 9.94. The number of pyridine rings is 1. The summed E-state index contributed by atoms with van der Waals surface area (Å²) in [6, 6.07) is 17.3. The van der Waals surface area contributed by atoms with E-state index in [9.17, 15) is 14.0 Å². The molecule has 4 rings (SSSR count). The zero-order chi connectivity index (χ0) is 24.6. The van der Waals surface area contributed by atoms with E-state index >= 15 is 0 Å². The summed E-state index contributed by atoms with van der Waals surface area (Å²) in [5.41, 5.74) is 1.56. The van der Waals surface area contributed by atoms with Gasteiger partial charge in [-0.2, -0.15) is 0 Å². The predicted octanol–water partition coefficient (Wildman–Crippen LogP) is 5.06. The van der Waals surface area contributed by atoms with E-state index in [1.165, 1.54) is 17.0 Å². The summed E-state index contributed by atoms with van der Waals surface area (Å²) in [4.78, 5) is 33.2. The minimum Gasteiger partial charge on any atom is -0.497 e. The topological polar surface area (TPSA) is 71.5 Å². The van der Waals surface area contributed by atoms with Gasteiger partial charge in [-0.1, -0.05) is 49.6 Å². The zero-order valence-corrected chi connectivity index (χ0v) is 19.8. The Morgan fingerprint density at radius 2 is 1.83 bits per heavy atom. The molecule has 1 aliphatic carbocycles. The number of benzene rings is 2. The highest BCUT2D eigenvalue weighted by Gasteiger charge is 2.34. The second-order valence-electron chi connectivity index (χ2n) is 8.80. The van der Waals surface area contributed by atoms with Crippen molar-refractivity contribution >= 4 is 11.8 Å². The first-order chi connectivity index (χ1) is 17.0. The van der Waals surface area contributed by atoms with Crippen LogP contribution in [0.3, 0.4) is 0 Å². The van der Waals surface area contributed by atoms with Crippen LogP contribution in [0, 0.1) is 5.82 Å². The van der Waals surface area contributed by atoms with Crippen LogP contribution in [0.4, 0.5) is 4.39 Å². The number of nitrogens with zero attached hydrogens (tertiary/aromatic N) is 2. The summed E-state index contributed by atoms with van der Waals surface area (Å²) >= 11 is 0. The summed E-state index contributed by atoms with van der Waals surface area (Å²) in [6.07, 6.45) is 6.65. The van der Waals surface area contributed by atoms with Gasteiger partial charge in [0.05, 0.1) is 7.11 Å². The number of ether oxygens (including phenoxy) is 1. The molecule has 1 saturated carbocycles. The SMILES string of the molecule is COc1cccc(CN(C(=O)c2ccccn2)[C@H](C(=O)NC2CCCCC2)c2ccc(F)cc2)c1. The van der Waals surface area contributed by atoms with Crippen molar-refractivity contribution in [1.82, 2.24) is 15.2 Å². The number of halogens is 1. The molecule has 0 unspecified atom stereocenters. The molecule has 6 nitrogen and oxygen atoms in total. The molecule has 1 atom stereocenters. The second-order valence-corrected chi connectivity index (χ2v) is 8.80. The summed E-state index contributed by atoms with van der Waals surface area (Å²) in [7, 11) is 1.58. The van der Waals surface area contributed by atoms with Crippen molar-refractivity contribution in [2.24, 2.45) is 0 Å². The van der Waals surface area contributed by atoms with E-state index in [-0.39, 0.29) is 30.1 Å². The van der Waals surface area contributed by atoms with E-state index in [1.54, 1.807) is 43.6 Å². The van der Waals surface area contributed by atoms with Gasteiger partial charge in [0.2, 0.25) is 5.91 Å². The Bertz CT molecular complexity index is 1130. The van der Waals surface area contributed by atoms with E-state index in [4.69, 9.17) is 4.74 Å². The third kappa shape index (κ3) is 6.23. The van der Waals surface area contributed by atoms with E-state index < -0.39 is 11.9 Å². The zero-order valence-electron chi connectivity index (χ0n) is 19.8. The number of aromatic nitrogens is 1. The van der Waals surface area contributed by atoms with Gasteiger partial charge in [0.25, 0.3) is 5.91 Å². The van der Waals surface area contributed by atoms with Gasteiger partial charge < -0.3 is 15.0 Å². The number of carbonyl (C=O) groups is 2. The maximum Gasteiger partial charge on any atom is 0.273 e. The van der Waals surface area contributed by atoms with Crippen molar-refractivity contribution in [2.75, 3.05) is 7.11 Å². The molecule has 1 heterocycles. The minimum absolute atomic E-state index is 0.0582. The van der Waals surface area contributed by atoms with Crippen molar-refractivity contribution in [3.8, 4) is 5.75 Å². The lowest BCUT2D eigenvalue weighted by molar-refractivity contribution is -0.127. The van der Waals surface area contributed by atoms with Crippen molar-refractivity contribution in [2.45, 2.75) is 50.7 Å². The summed E-state index contributed by atoms with van der Waals surface area (Å²) in [5.74, 6) is -0.425. The van der Waals surface area contributed by atoms with Crippen LogP contribution in [-0.2, 0) is 11.3 Å². The molecule has 0 spiro atoms. The molecular weight excluding hydrogens is 445 g/mol. The molecule has 2 amide bonds. The Balaban J connectivity index is 1.74. The minimum atomic E-state index is -0.960. The maximum absolute atomic E-state index is 13.8. The molecule has 182 valence electrons. The van der Waals surface area contributed by atoms with E-state index in [1.807, 2.05) is 24.3 Å². The van der Waals surface area contributed by atoms with Crippen LogP contribution in [0.25, 0.3) is 0 Å². The van der Waals surface area contributed by atoms with Gasteiger partial charge in [-0.15, -0.1) is 0 Å². The Morgan fingerprint density at radius 1 is 1.06 bits per heavy atom. The van der Waals surface area contributed by atoms with Crippen LogP contribution in [0.1, 0.15) is 59.8 Å². The van der Waals surface area contributed by atoms with Crippen LogP contribution in [-0.4, -0.2) is 34.8 Å². The Hall–Kier alpha value is -3.74. The average Bonchev–Trinajstić information content (AvgIpc) is 2.90. The van der Waals surface area contributed by atoms with Crippen LogP contribution in [0.15, 0.2) is 72.9 Å². The Labute approximate surface area is 205 Å². The average molecular weight is 476 g/mol. The smallest absolute Gasteiger partial charge is 0.273 e. The third-order valence-electron chi connectivity index (χ3n) is 6.33. The van der Waals surface area contributed by atoms with Crippen molar-refractivity contribution in [1.29, 1.82) is 0 Å². The fraction of sp³-hybridized carbons (Fsp3) is 0.321. The lowest BCUT2D eigenvalue weighted by Crippen LogP contribution is -2.47. The van der Waals surface area contributed by atoms with E-state index in [0.717, 1.165) is 37.7 Å². The van der Waals surface area contributed by atoms with Crippen LogP contribution < -0.4 is 10.1 Å². The lowest BCUT2D eigenvalue weighted by Gasteiger charge is -2.33. The number of hydrogen-bond acceptors (Lipinski definition) is 4. The predicted molar refractivity (Wildman–Crippen MR) is 131 cm³/mol. The molecule has 0 saturated heterocycles. The number of hydrogen-bond donors (Lipinski definition) is 1. The van der Waals surface area contributed by atoms with Crippen LogP contribution in [0.2, 0.25) is 0 Å². The molecule has 1 N–H and O–H groups in total. The summed E-state index contributed by atoms with van der Waals surface area (Å²) in [5, 5.41) is 3.16. The highest BCUT2D eigenvalue weighted by molar-refractivity contribution is 5.96. The number of methoxy groups -OCH3 is 1. The first kappa shape index (κ1) is 24.4. The van der Waals surface area contributed by atoms with Crippen molar-refractivity contribution in [3.05, 3.63) is 95.6 Å². The van der Waals surface area contributed by atoms with Gasteiger partial charge in [-0.05, 0) is 60.4 Å². The monoisotopic (exact) mass is 475 g/mol. The molecule has 0 bridgehead atoms. The van der Waals surface area contributed by atoms with Crippen LogP contribution >= 0.6 is 0 Å². The van der Waals surface area contributed by atoms with Gasteiger partial charge in [0.15, 0.2) is 0 Å². The van der Waals surface area contributed by atoms with Gasteiger partial charge in [-0.3, -0.25) is 14.6 Å². The van der Waals surface area contributed by atoms with Gasteiger partial charge >= 0.3 is 0 Å². The molecule has 0 aliphatic heterocycles. The Kier molecular flexibility index (Phi) is 8.08. The highest BCUT2D eigenvalue weighted by Crippen LogP contribution is 2.28. The molecular formula is C28H30FN3O3. The second kappa shape index (κ2) is 11.6. The molecule has 1 fully saturated rings. The van der Waals surface area contributed by atoms with Gasteiger partial charge in [0.1, 0.15) is 23.3 Å². The first-order valence-corrected chi connectivity index (χ1v) is 12.0. The van der Waals surface area contributed by atoms with Crippen molar-refractivity contribution in [3.63, 3.8) is 0 Å². The fourth-order valence-electron chi connectivity index (χ4n) is 4.53. The van der Waals surface area contributed by atoms with Gasteiger partial charge in [0, 0.05) is 18.8 Å². The van der Waals surface area contributed by atoms with Crippen molar-refractivity contribution < 1.29 is 18.7 Å². The van der Waals surface area contributed by atoms with E-state index in [0.29, 0.717) is 11.3 Å². The molecule has 1 aliphatic rings. The number of carbonyl (C=O) groups excluding carboxylic acids is 2. The fourth-order valence-corrected chi connectivity index (χ4v) is 4.53. The number of rotatable bonds is 8. The molecule has 2 aromatic carbocycles. The van der Waals surface area contributed by atoms with E-state index in [2.05, 4.69) is 10.3 Å².